The molecule has 0 spiro atoms. The summed E-state index contributed by atoms with van der Waals surface area (Å²) in [5.74, 6) is 0.863. The van der Waals surface area contributed by atoms with Crippen LogP contribution in [0.5, 0.6) is 0 Å². The van der Waals surface area contributed by atoms with Crippen LogP contribution in [0.2, 0.25) is 0 Å². The van der Waals surface area contributed by atoms with E-state index in [0.717, 1.165) is 12.8 Å². The fourth-order valence-electron chi connectivity index (χ4n) is 2.25. The largest absolute Gasteiger partial charge is 0.377 e. The molecule has 2 rings (SSSR count). The average Bonchev–Trinajstić information content (AvgIpc) is 2.49. The Labute approximate surface area is 124 Å². The number of anilines is 1. The van der Waals surface area contributed by atoms with Gasteiger partial charge in [-0.2, -0.15) is 0 Å². The summed E-state index contributed by atoms with van der Waals surface area (Å²) in [6.45, 7) is 0. The molecule has 114 valence electrons. The molecule has 0 unspecified atom stereocenters. The van der Waals surface area contributed by atoms with Gasteiger partial charge in [0.15, 0.2) is 0 Å². The highest BCUT2D eigenvalue weighted by Crippen LogP contribution is 2.28. The monoisotopic (exact) mass is 311 g/mol. The van der Waals surface area contributed by atoms with Crippen LogP contribution in [0, 0.1) is 10.1 Å². The van der Waals surface area contributed by atoms with Crippen molar-refractivity contribution < 1.29 is 13.9 Å². The zero-order valence-electron chi connectivity index (χ0n) is 11.6. The van der Waals surface area contributed by atoms with E-state index in [9.17, 15) is 19.1 Å². The minimum Gasteiger partial charge on any atom is -0.377 e. The summed E-state index contributed by atoms with van der Waals surface area (Å²) in [5.41, 5.74) is 0.521. The zero-order valence-corrected chi connectivity index (χ0v) is 12.4. The van der Waals surface area contributed by atoms with Gasteiger partial charge in [0.05, 0.1) is 4.92 Å². The van der Waals surface area contributed by atoms with Crippen molar-refractivity contribution in [2.45, 2.75) is 18.9 Å². The van der Waals surface area contributed by atoms with E-state index in [4.69, 9.17) is 0 Å². The van der Waals surface area contributed by atoms with E-state index in [-0.39, 0.29) is 23.2 Å². The predicted octanol–water partition coefficient (Wildman–Crippen LogP) is 1.28. The number of rotatable bonds is 4. The quantitative estimate of drug-likeness (QED) is 0.644. The first-order chi connectivity index (χ1) is 10.0. The summed E-state index contributed by atoms with van der Waals surface area (Å²) < 4.78 is 11.3. The van der Waals surface area contributed by atoms with Gasteiger partial charge in [-0.15, -0.1) is 0 Å². The van der Waals surface area contributed by atoms with Gasteiger partial charge in [0.2, 0.25) is 0 Å². The number of nitrogens with zero attached hydrogens (tertiary/aromatic N) is 1. The number of benzene rings is 1. The Balaban J connectivity index is 2.20. The van der Waals surface area contributed by atoms with Crippen molar-refractivity contribution in [3.8, 4) is 0 Å². The lowest BCUT2D eigenvalue weighted by atomic mass is 10.1. The minimum atomic E-state index is -0.771. The van der Waals surface area contributed by atoms with E-state index in [1.807, 2.05) is 0 Å². The number of hydrogen-bond acceptors (Lipinski definition) is 5. The summed E-state index contributed by atoms with van der Waals surface area (Å²) in [4.78, 5) is 22.2. The van der Waals surface area contributed by atoms with Gasteiger partial charge in [-0.25, -0.2) is 0 Å². The van der Waals surface area contributed by atoms with Crippen LogP contribution in [0.25, 0.3) is 0 Å². The van der Waals surface area contributed by atoms with Gasteiger partial charge in [-0.3, -0.25) is 19.1 Å². The number of nitrogens with one attached hydrogen (secondary N) is 2. The van der Waals surface area contributed by atoms with Gasteiger partial charge in [-0.05, 0) is 25.0 Å². The Morgan fingerprint density at radius 3 is 2.62 bits per heavy atom. The molecule has 0 aromatic heterocycles. The maximum absolute atomic E-state index is 11.5. The van der Waals surface area contributed by atoms with Crippen molar-refractivity contribution in [3.05, 3.63) is 33.9 Å². The Morgan fingerprint density at radius 2 is 2.05 bits per heavy atom. The van der Waals surface area contributed by atoms with Crippen molar-refractivity contribution in [3.63, 3.8) is 0 Å². The van der Waals surface area contributed by atoms with E-state index >= 15 is 0 Å². The predicted molar refractivity (Wildman–Crippen MR) is 81.0 cm³/mol. The van der Waals surface area contributed by atoms with Crippen molar-refractivity contribution in [1.82, 2.24) is 5.32 Å². The number of nitro groups is 1. The van der Waals surface area contributed by atoms with Gasteiger partial charge in [0.25, 0.3) is 11.6 Å². The molecule has 0 radical (unpaired) electrons. The Bertz CT molecular complexity index is 581. The average molecular weight is 311 g/mol. The Kier molecular flexibility index (Phi) is 4.89. The molecular weight excluding hydrogens is 294 g/mol. The van der Waals surface area contributed by atoms with Crippen LogP contribution in [0.3, 0.4) is 0 Å². The van der Waals surface area contributed by atoms with Crippen molar-refractivity contribution >= 4 is 28.1 Å². The molecule has 1 aliphatic rings. The first kappa shape index (κ1) is 15.4. The first-order valence-electron chi connectivity index (χ1n) is 6.63. The summed E-state index contributed by atoms with van der Waals surface area (Å²) in [7, 11) is 0.704. The summed E-state index contributed by atoms with van der Waals surface area (Å²) in [6, 6.07) is 4.44. The SMILES string of the molecule is CNC(=O)c1ccc(NC2CCS(=O)CC2)c([N+](=O)[O-])c1. The number of nitro benzene ring substituents is 1. The molecule has 2 N–H and O–H groups in total. The van der Waals surface area contributed by atoms with Gasteiger partial charge < -0.3 is 10.6 Å². The van der Waals surface area contributed by atoms with Crippen molar-refractivity contribution in [2.75, 3.05) is 23.9 Å². The molecule has 0 atom stereocenters. The van der Waals surface area contributed by atoms with Gasteiger partial charge >= 0.3 is 0 Å². The Morgan fingerprint density at radius 1 is 1.38 bits per heavy atom. The third-order valence-corrected chi connectivity index (χ3v) is 4.81. The standard InChI is InChI=1S/C13H17N3O4S/c1-14-13(17)9-2-3-11(12(8-9)16(18)19)15-10-4-6-21(20)7-5-10/h2-3,8,10,15H,4-7H2,1H3,(H,14,17). The summed E-state index contributed by atoms with van der Waals surface area (Å²) in [6.07, 6.45) is 1.45. The second-order valence-electron chi connectivity index (χ2n) is 4.83. The lowest BCUT2D eigenvalue weighted by Crippen LogP contribution is -2.29. The van der Waals surface area contributed by atoms with E-state index in [1.165, 1.54) is 13.1 Å². The second kappa shape index (κ2) is 6.66. The van der Waals surface area contributed by atoms with E-state index < -0.39 is 15.7 Å². The van der Waals surface area contributed by atoms with E-state index in [0.29, 0.717) is 17.2 Å². The molecule has 1 aromatic rings. The molecule has 1 fully saturated rings. The molecule has 1 aromatic carbocycles. The number of carbonyl (C=O) groups excluding carboxylic acids is 1. The number of carbonyl (C=O) groups is 1. The lowest BCUT2D eigenvalue weighted by molar-refractivity contribution is -0.384. The minimum absolute atomic E-state index is 0.0762. The lowest BCUT2D eigenvalue weighted by Gasteiger charge is -2.23. The summed E-state index contributed by atoms with van der Waals surface area (Å²) in [5, 5.41) is 16.7. The highest BCUT2D eigenvalue weighted by atomic mass is 32.2. The van der Waals surface area contributed by atoms with Crippen LogP contribution in [-0.2, 0) is 10.8 Å². The zero-order chi connectivity index (χ0) is 15.4. The van der Waals surface area contributed by atoms with Crippen LogP contribution in [0.1, 0.15) is 23.2 Å². The van der Waals surface area contributed by atoms with Crippen molar-refractivity contribution in [2.24, 2.45) is 0 Å². The third-order valence-electron chi connectivity index (χ3n) is 3.43. The smallest absolute Gasteiger partial charge is 0.293 e. The van der Waals surface area contributed by atoms with Crippen LogP contribution in [0.4, 0.5) is 11.4 Å². The van der Waals surface area contributed by atoms with Gasteiger partial charge in [0.1, 0.15) is 5.69 Å². The van der Waals surface area contributed by atoms with Crippen LogP contribution < -0.4 is 10.6 Å². The third kappa shape index (κ3) is 3.78. The highest BCUT2D eigenvalue weighted by molar-refractivity contribution is 7.85. The van der Waals surface area contributed by atoms with Crippen molar-refractivity contribution in [1.29, 1.82) is 0 Å². The maximum Gasteiger partial charge on any atom is 0.293 e. The molecule has 21 heavy (non-hydrogen) atoms. The molecule has 7 nitrogen and oxygen atoms in total. The van der Waals surface area contributed by atoms with Crippen LogP contribution in [0.15, 0.2) is 18.2 Å². The fraction of sp³-hybridized carbons (Fsp3) is 0.462. The van der Waals surface area contributed by atoms with E-state index in [1.54, 1.807) is 12.1 Å². The molecule has 1 aliphatic heterocycles. The molecular formula is C13H17N3O4S. The molecule has 8 heteroatoms. The van der Waals surface area contributed by atoms with Gasteiger partial charge in [-0.1, -0.05) is 0 Å². The van der Waals surface area contributed by atoms with Crippen LogP contribution >= 0.6 is 0 Å². The number of amides is 1. The molecule has 0 bridgehead atoms. The topological polar surface area (TPSA) is 101 Å². The van der Waals surface area contributed by atoms with E-state index in [2.05, 4.69) is 10.6 Å². The van der Waals surface area contributed by atoms with Gasteiger partial charge in [0, 0.05) is 47.0 Å². The molecule has 0 aliphatic carbocycles. The molecule has 1 heterocycles. The molecule has 1 saturated heterocycles. The first-order valence-corrected chi connectivity index (χ1v) is 8.12. The second-order valence-corrected chi connectivity index (χ2v) is 6.53. The molecule has 1 amide bonds. The summed E-state index contributed by atoms with van der Waals surface area (Å²) >= 11 is 0. The van der Waals surface area contributed by atoms with Crippen LogP contribution in [-0.4, -0.2) is 39.6 Å². The normalized spacial score (nSPS) is 21.6. The number of hydrogen-bond donors (Lipinski definition) is 2. The maximum atomic E-state index is 11.5. The fourth-order valence-corrected chi connectivity index (χ4v) is 3.55. The highest BCUT2D eigenvalue weighted by Gasteiger charge is 2.22. The Hall–Kier alpha value is -1.96. The molecule has 0 saturated carbocycles.